The summed E-state index contributed by atoms with van der Waals surface area (Å²) >= 11 is 39.1. The number of rotatable bonds is 4. The molecule has 2 fully saturated rings. The molecule has 5 rings (SSSR count). The lowest BCUT2D eigenvalue weighted by Gasteiger charge is -2.34. The summed E-state index contributed by atoms with van der Waals surface area (Å²) in [6, 6.07) is 12.8. The van der Waals surface area contributed by atoms with Gasteiger partial charge in [-0.05, 0) is 30.3 Å². The number of allylic oxidation sites excluding steroid dienone is 2. The molecule has 1 saturated heterocycles. The Morgan fingerprint density at radius 2 is 1.49 bits per heavy atom. The maximum absolute atomic E-state index is 13.5. The molecule has 2 bridgehead atoms. The summed E-state index contributed by atoms with van der Waals surface area (Å²) in [5, 5.41) is 2.41. The average molecular weight is 595 g/mol. The molecule has 0 unspecified atom stereocenters. The van der Waals surface area contributed by atoms with E-state index in [1.165, 1.54) is 25.3 Å². The minimum absolute atomic E-state index is 0.148. The van der Waals surface area contributed by atoms with Crippen molar-refractivity contribution in [2.45, 2.75) is 14.1 Å². The van der Waals surface area contributed by atoms with Crippen LogP contribution in [0.25, 0.3) is 0 Å². The molecule has 3 aliphatic rings. The minimum atomic E-state index is -2.01. The molecule has 1 heterocycles. The number of carbonyl (C=O) groups is 3. The van der Waals surface area contributed by atoms with Crippen molar-refractivity contribution in [3.05, 3.63) is 64.2 Å². The number of amides is 3. The number of carbonyl (C=O) groups excluding carboxylic acids is 3. The van der Waals surface area contributed by atoms with E-state index in [9.17, 15) is 14.4 Å². The van der Waals surface area contributed by atoms with Gasteiger partial charge in [0.1, 0.15) is 15.5 Å². The highest BCUT2D eigenvalue weighted by atomic mass is 35.5. The van der Waals surface area contributed by atoms with Crippen LogP contribution >= 0.6 is 69.6 Å². The topological polar surface area (TPSA) is 75.7 Å². The SMILES string of the molecule is COc1cccc(NC(=O)c2cccc(N3C(=O)[C@@H]4[C@@H](C3=O)[C@@]3(Cl)C(Cl)=C(Cl)[C@@]4(Cl)C3(Cl)Cl)c2)c1. The Kier molecular flexibility index (Phi) is 5.83. The second-order valence-corrected chi connectivity index (χ2v) is 11.6. The Morgan fingerprint density at radius 3 is 2.06 bits per heavy atom. The Hall–Kier alpha value is -1.67. The van der Waals surface area contributed by atoms with E-state index in [0.29, 0.717) is 11.4 Å². The number of halogens is 6. The van der Waals surface area contributed by atoms with Crippen molar-refractivity contribution < 1.29 is 19.1 Å². The van der Waals surface area contributed by atoms with Gasteiger partial charge in [-0.3, -0.25) is 14.4 Å². The van der Waals surface area contributed by atoms with E-state index >= 15 is 0 Å². The molecule has 2 aromatic carbocycles. The number of imide groups is 1. The van der Waals surface area contributed by atoms with Crippen molar-refractivity contribution in [2.75, 3.05) is 17.3 Å². The quantitative estimate of drug-likeness (QED) is 0.353. The summed E-state index contributed by atoms with van der Waals surface area (Å²) in [7, 11) is 1.51. The fourth-order valence-electron chi connectivity index (χ4n) is 4.94. The summed E-state index contributed by atoms with van der Waals surface area (Å²) in [6.07, 6.45) is 0. The molecule has 0 aromatic heterocycles. The Bertz CT molecular complexity index is 1300. The molecule has 0 spiro atoms. The van der Waals surface area contributed by atoms with Crippen LogP contribution in [0.3, 0.4) is 0 Å². The van der Waals surface area contributed by atoms with Crippen LogP contribution < -0.4 is 15.0 Å². The van der Waals surface area contributed by atoms with Crippen molar-refractivity contribution in [3.63, 3.8) is 0 Å². The third-order valence-electron chi connectivity index (χ3n) is 6.60. The zero-order valence-electron chi connectivity index (χ0n) is 17.6. The van der Waals surface area contributed by atoms with Gasteiger partial charge < -0.3 is 10.1 Å². The van der Waals surface area contributed by atoms with E-state index in [2.05, 4.69) is 5.32 Å². The van der Waals surface area contributed by atoms with Gasteiger partial charge in [-0.1, -0.05) is 58.5 Å². The van der Waals surface area contributed by atoms with Crippen LogP contribution in [-0.4, -0.2) is 38.9 Å². The van der Waals surface area contributed by atoms with Crippen LogP contribution in [0.5, 0.6) is 5.75 Å². The first-order valence-corrected chi connectivity index (χ1v) is 12.4. The molecule has 1 N–H and O–H groups in total. The molecule has 2 aromatic rings. The molecule has 12 heteroatoms. The van der Waals surface area contributed by atoms with Crippen LogP contribution in [0.2, 0.25) is 0 Å². The van der Waals surface area contributed by atoms with Gasteiger partial charge in [-0.15, -0.1) is 23.2 Å². The number of fused-ring (bicyclic) bond motifs is 5. The third-order valence-corrected chi connectivity index (χ3v) is 10.9. The largest absolute Gasteiger partial charge is 0.497 e. The highest BCUT2D eigenvalue weighted by Crippen LogP contribution is 2.77. The van der Waals surface area contributed by atoms with Crippen molar-refractivity contribution in [2.24, 2.45) is 11.8 Å². The van der Waals surface area contributed by atoms with Gasteiger partial charge in [-0.2, -0.15) is 0 Å². The van der Waals surface area contributed by atoms with Crippen molar-refractivity contribution in [1.29, 1.82) is 0 Å². The average Bonchev–Trinajstić information content (AvgIpc) is 3.22. The van der Waals surface area contributed by atoms with E-state index < -0.39 is 43.6 Å². The predicted octanol–water partition coefficient (Wildman–Crippen LogP) is 5.90. The van der Waals surface area contributed by atoms with Crippen LogP contribution in [0.4, 0.5) is 11.4 Å². The van der Waals surface area contributed by atoms with Crippen molar-refractivity contribution in [3.8, 4) is 5.75 Å². The van der Waals surface area contributed by atoms with E-state index in [1.807, 2.05) is 0 Å². The Labute approximate surface area is 230 Å². The van der Waals surface area contributed by atoms with E-state index in [-0.39, 0.29) is 21.3 Å². The second kappa shape index (κ2) is 8.17. The van der Waals surface area contributed by atoms with E-state index in [4.69, 9.17) is 74.3 Å². The van der Waals surface area contributed by atoms with Gasteiger partial charge in [0.2, 0.25) is 11.8 Å². The molecule has 0 radical (unpaired) electrons. The van der Waals surface area contributed by atoms with E-state index in [1.54, 1.807) is 30.3 Å². The van der Waals surface area contributed by atoms with Crippen molar-refractivity contribution in [1.82, 2.24) is 0 Å². The number of hydrogen-bond acceptors (Lipinski definition) is 4. The van der Waals surface area contributed by atoms with Crippen LogP contribution in [0.1, 0.15) is 10.4 Å². The lowest BCUT2D eigenvalue weighted by molar-refractivity contribution is -0.123. The summed E-state index contributed by atoms with van der Waals surface area (Å²) < 4.78 is 3.15. The summed E-state index contributed by atoms with van der Waals surface area (Å²) in [4.78, 5) is 37.0. The maximum atomic E-state index is 13.5. The third kappa shape index (κ3) is 3.08. The molecule has 182 valence electrons. The maximum Gasteiger partial charge on any atom is 0.255 e. The summed E-state index contributed by atoms with van der Waals surface area (Å²) in [6.45, 7) is 0. The molecule has 35 heavy (non-hydrogen) atoms. The molecule has 1 saturated carbocycles. The Balaban J connectivity index is 1.48. The van der Waals surface area contributed by atoms with Gasteiger partial charge in [0.25, 0.3) is 5.91 Å². The molecule has 3 amide bonds. The number of hydrogen-bond donors (Lipinski definition) is 1. The fourth-order valence-corrected chi connectivity index (χ4v) is 7.87. The van der Waals surface area contributed by atoms with Gasteiger partial charge in [0.05, 0.1) is 34.7 Å². The fraction of sp³-hybridized carbons (Fsp3) is 0.261. The van der Waals surface area contributed by atoms with Crippen molar-refractivity contribution >= 4 is 98.7 Å². The second-order valence-electron chi connectivity index (χ2n) is 8.33. The highest BCUT2D eigenvalue weighted by molar-refractivity contribution is 6.67. The van der Waals surface area contributed by atoms with Crippen LogP contribution in [0, 0.1) is 11.8 Å². The molecule has 1 aliphatic heterocycles. The molecular weight excluding hydrogens is 581 g/mol. The first-order valence-electron chi connectivity index (χ1n) is 10.2. The van der Waals surface area contributed by atoms with Gasteiger partial charge in [-0.25, -0.2) is 4.90 Å². The highest BCUT2D eigenvalue weighted by Gasteiger charge is 2.87. The number of ether oxygens (including phenoxy) is 1. The molecule has 6 nitrogen and oxygen atoms in total. The van der Waals surface area contributed by atoms with E-state index in [0.717, 1.165) is 4.90 Å². The molecule has 4 atom stereocenters. The summed E-state index contributed by atoms with van der Waals surface area (Å²) in [5.41, 5.74) is 0.850. The zero-order chi connectivity index (χ0) is 25.5. The Morgan fingerprint density at radius 1 is 0.914 bits per heavy atom. The van der Waals surface area contributed by atoms with Gasteiger partial charge in [0.15, 0.2) is 4.33 Å². The molecule has 2 aliphatic carbocycles. The molecular formula is C23H14Cl6N2O4. The lowest BCUT2D eigenvalue weighted by atomic mass is 9.84. The number of anilines is 2. The standard InChI is InChI=1S/C23H14Cl6N2O4/c1-35-13-7-3-5-11(9-13)30-18(32)10-4-2-6-12(8-10)31-19(33)14-15(20(31)34)22(27)17(25)16(24)21(14,26)23(22,28)29/h2-9,14-15H,1H3,(H,30,32)/t14-,15-,21+,22+/m0/s1. The van der Waals surface area contributed by atoms with Gasteiger partial charge in [0, 0.05) is 17.3 Å². The van der Waals surface area contributed by atoms with Crippen LogP contribution in [-0.2, 0) is 9.59 Å². The lowest BCUT2D eigenvalue weighted by Crippen LogP contribution is -2.50. The monoisotopic (exact) mass is 592 g/mol. The van der Waals surface area contributed by atoms with Crippen LogP contribution in [0.15, 0.2) is 58.6 Å². The first-order chi connectivity index (χ1) is 16.4. The number of nitrogens with zero attached hydrogens (tertiary/aromatic N) is 1. The number of methoxy groups -OCH3 is 1. The smallest absolute Gasteiger partial charge is 0.255 e. The minimum Gasteiger partial charge on any atom is -0.497 e. The number of alkyl halides is 4. The predicted molar refractivity (Wildman–Crippen MR) is 137 cm³/mol. The number of nitrogens with one attached hydrogen (secondary N) is 1. The number of benzene rings is 2. The summed E-state index contributed by atoms with van der Waals surface area (Å²) in [5.74, 6) is -3.81. The van der Waals surface area contributed by atoms with Gasteiger partial charge >= 0.3 is 0 Å². The normalized spacial score (nSPS) is 30.7. The first kappa shape index (κ1) is 25.0. The zero-order valence-corrected chi connectivity index (χ0v) is 22.2.